The van der Waals surface area contributed by atoms with Gasteiger partial charge in [-0.15, -0.1) is 10.2 Å². The van der Waals surface area contributed by atoms with E-state index in [4.69, 9.17) is 0 Å². The smallest absolute Gasteiger partial charge is 0.259 e. The first-order valence-electron chi connectivity index (χ1n) is 8.86. The molecule has 0 saturated heterocycles. The van der Waals surface area contributed by atoms with E-state index in [9.17, 15) is 4.79 Å². The molecule has 1 N–H and O–H groups in total. The maximum Gasteiger partial charge on any atom is 0.259 e. The van der Waals surface area contributed by atoms with Gasteiger partial charge >= 0.3 is 0 Å². The van der Waals surface area contributed by atoms with Crippen molar-refractivity contribution in [2.75, 3.05) is 5.32 Å². The Labute approximate surface area is 178 Å². The van der Waals surface area contributed by atoms with Gasteiger partial charge in [0.05, 0.1) is 15.9 Å². The van der Waals surface area contributed by atoms with E-state index in [1.54, 1.807) is 10.5 Å². The lowest BCUT2D eigenvalue weighted by atomic mass is 10.2. The molecular formula is C20H15N5OS3. The number of nitrogens with zero attached hydrogens (tertiary/aromatic N) is 4. The fraction of sp³-hybridized carbons (Fsp3) is 0.100. The number of thioether (sulfide) groups is 1. The third-order valence-corrected chi connectivity index (χ3v) is 7.33. The van der Waals surface area contributed by atoms with Crippen LogP contribution in [0.5, 0.6) is 0 Å². The van der Waals surface area contributed by atoms with Crippen LogP contribution in [0.25, 0.3) is 15.2 Å². The summed E-state index contributed by atoms with van der Waals surface area (Å²) in [5.74, 6) is 0.569. The molecule has 0 aliphatic heterocycles. The lowest BCUT2D eigenvalue weighted by molar-refractivity contribution is 1.01. The van der Waals surface area contributed by atoms with Gasteiger partial charge in [0.25, 0.3) is 5.56 Å². The Kier molecular flexibility index (Phi) is 4.78. The maximum absolute atomic E-state index is 12.6. The second-order valence-corrected chi connectivity index (χ2v) is 9.64. The standard InChI is InChI=1S/C20H15N5OS3/c1-12-6-8-13(9-7-12)21-18-23-24-20(29-18)27-11-14-10-17(26)25-15-4-2-3-5-16(15)28-19(25)22-14/h2-10H,11H2,1H3,(H,21,23). The number of aromatic nitrogens is 4. The summed E-state index contributed by atoms with van der Waals surface area (Å²) in [6, 6.07) is 17.6. The van der Waals surface area contributed by atoms with Gasteiger partial charge in [-0.2, -0.15) is 0 Å². The number of anilines is 2. The Hall–Kier alpha value is -2.75. The SMILES string of the molecule is Cc1ccc(Nc2nnc(SCc3cc(=O)n4c(n3)sc3ccccc34)s2)cc1. The summed E-state index contributed by atoms with van der Waals surface area (Å²) in [5.41, 5.74) is 3.79. The van der Waals surface area contributed by atoms with E-state index in [2.05, 4.69) is 27.4 Å². The van der Waals surface area contributed by atoms with Crippen molar-refractivity contribution in [1.29, 1.82) is 0 Å². The van der Waals surface area contributed by atoms with Crippen LogP contribution in [-0.4, -0.2) is 19.6 Å². The normalized spacial score (nSPS) is 11.3. The Bertz CT molecular complexity index is 1370. The van der Waals surface area contributed by atoms with Gasteiger partial charge in [0, 0.05) is 17.5 Å². The van der Waals surface area contributed by atoms with E-state index < -0.39 is 0 Å². The fourth-order valence-electron chi connectivity index (χ4n) is 2.91. The molecule has 5 rings (SSSR count). The lowest BCUT2D eigenvalue weighted by Gasteiger charge is -2.01. The molecule has 0 aliphatic rings. The molecule has 0 fully saturated rings. The molecule has 144 valence electrons. The zero-order valence-corrected chi connectivity index (χ0v) is 17.8. The molecule has 0 aliphatic carbocycles. The van der Waals surface area contributed by atoms with Gasteiger partial charge in [0.15, 0.2) is 9.30 Å². The van der Waals surface area contributed by atoms with E-state index in [1.807, 2.05) is 48.5 Å². The molecule has 29 heavy (non-hydrogen) atoms. The minimum atomic E-state index is -0.0537. The number of para-hydroxylation sites is 1. The zero-order valence-electron chi connectivity index (χ0n) is 15.3. The Morgan fingerprint density at radius 2 is 1.90 bits per heavy atom. The van der Waals surface area contributed by atoms with Gasteiger partial charge in [-0.25, -0.2) is 4.98 Å². The third kappa shape index (κ3) is 3.76. The summed E-state index contributed by atoms with van der Waals surface area (Å²) < 4.78 is 3.55. The number of thiazole rings is 1. The minimum absolute atomic E-state index is 0.0537. The number of fused-ring (bicyclic) bond motifs is 3. The van der Waals surface area contributed by atoms with E-state index in [1.165, 1.54) is 40.0 Å². The Balaban J connectivity index is 1.33. The van der Waals surface area contributed by atoms with Gasteiger partial charge < -0.3 is 5.32 Å². The first-order valence-corrected chi connectivity index (χ1v) is 11.5. The van der Waals surface area contributed by atoms with Crippen LogP contribution in [0.4, 0.5) is 10.8 Å². The van der Waals surface area contributed by atoms with Crippen molar-refractivity contribution < 1.29 is 0 Å². The summed E-state index contributed by atoms with van der Waals surface area (Å²) in [5, 5.41) is 12.4. The summed E-state index contributed by atoms with van der Waals surface area (Å²) in [6.45, 7) is 2.06. The van der Waals surface area contributed by atoms with Crippen LogP contribution in [0, 0.1) is 6.92 Å². The highest BCUT2D eigenvalue weighted by atomic mass is 32.2. The summed E-state index contributed by atoms with van der Waals surface area (Å²) in [4.78, 5) is 18.0. The molecule has 5 aromatic rings. The largest absolute Gasteiger partial charge is 0.330 e. The molecule has 0 spiro atoms. The molecule has 3 heterocycles. The molecule has 0 atom stereocenters. The van der Waals surface area contributed by atoms with Crippen molar-refractivity contribution in [3.63, 3.8) is 0 Å². The van der Waals surface area contributed by atoms with Crippen molar-refractivity contribution in [1.82, 2.24) is 19.6 Å². The molecule has 0 saturated carbocycles. The fourth-order valence-corrected chi connectivity index (χ4v) is 5.63. The van der Waals surface area contributed by atoms with E-state index in [-0.39, 0.29) is 5.56 Å². The summed E-state index contributed by atoms with van der Waals surface area (Å²) >= 11 is 4.54. The van der Waals surface area contributed by atoms with Crippen LogP contribution in [-0.2, 0) is 5.75 Å². The molecular weight excluding hydrogens is 422 g/mol. The van der Waals surface area contributed by atoms with Crippen molar-refractivity contribution in [3.8, 4) is 0 Å². The van der Waals surface area contributed by atoms with E-state index in [0.717, 1.165) is 31.1 Å². The molecule has 0 radical (unpaired) electrons. The van der Waals surface area contributed by atoms with Crippen molar-refractivity contribution in [2.24, 2.45) is 0 Å². The summed E-state index contributed by atoms with van der Waals surface area (Å²) in [6.07, 6.45) is 0. The van der Waals surface area contributed by atoms with Crippen LogP contribution in [0.3, 0.4) is 0 Å². The molecule has 0 amide bonds. The average molecular weight is 438 g/mol. The first-order chi connectivity index (χ1) is 14.2. The average Bonchev–Trinajstić information content (AvgIpc) is 3.32. The van der Waals surface area contributed by atoms with E-state index in [0.29, 0.717) is 10.7 Å². The second kappa shape index (κ2) is 7.58. The topological polar surface area (TPSA) is 72.2 Å². The number of nitrogens with one attached hydrogen (secondary N) is 1. The monoisotopic (exact) mass is 437 g/mol. The van der Waals surface area contributed by atoms with Gasteiger partial charge in [0.1, 0.15) is 0 Å². The van der Waals surface area contributed by atoms with Crippen molar-refractivity contribution in [2.45, 2.75) is 17.0 Å². The van der Waals surface area contributed by atoms with Crippen LogP contribution in [0.1, 0.15) is 11.3 Å². The van der Waals surface area contributed by atoms with Crippen LogP contribution >= 0.6 is 34.4 Å². The number of rotatable bonds is 5. The van der Waals surface area contributed by atoms with Gasteiger partial charge in [-0.1, -0.05) is 64.3 Å². The van der Waals surface area contributed by atoms with Crippen molar-refractivity contribution >= 4 is 60.4 Å². The first kappa shape index (κ1) is 18.3. The lowest BCUT2D eigenvalue weighted by Crippen LogP contribution is -2.13. The molecule has 6 nitrogen and oxygen atoms in total. The summed E-state index contributed by atoms with van der Waals surface area (Å²) in [7, 11) is 0. The highest BCUT2D eigenvalue weighted by molar-refractivity contribution is 8.00. The number of benzene rings is 2. The highest BCUT2D eigenvalue weighted by Gasteiger charge is 2.11. The van der Waals surface area contributed by atoms with Crippen LogP contribution in [0.15, 0.2) is 63.7 Å². The predicted molar refractivity (Wildman–Crippen MR) is 121 cm³/mol. The van der Waals surface area contributed by atoms with Gasteiger partial charge in [-0.05, 0) is 31.2 Å². The van der Waals surface area contributed by atoms with Crippen LogP contribution < -0.4 is 10.9 Å². The second-order valence-electron chi connectivity index (χ2n) is 6.43. The molecule has 0 bridgehead atoms. The maximum atomic E-state index is 12.6. The van der Waals surface area contributed by atoms with Gasteiger partial charge in [0.2, 0.25) is 5.13 Å². The third-order valence-electron chi connectivity index (χ3n) is 4.30. The predicted octanol–water partition coefficient (Wildman–Crippen LogP) is 5.11. The number of aryl methyl sites for hydroxylation is 1. The molecule has 0 unspecified atom stereocenters. The molecule has 9 heteroatoms. The Morgan fingerprint density at radius 1 is 1.07 bits per heavy atom. The number of hydrogen-bond acceptors (Lipinski definition) is 8. The Morgan fingerprint density at radius 3 is 2.76 bits per heavy atom. The molecule has 2 aromatic carbocycles. The zero-order chi connectivity index (χ0) is 19.8. The quantitative estimate of drug-likeness (QED) is 0.386. The van der Waals surface area contributed by atoms with Gasteiger partial charge in [-0.3, -0.25) is 9.20 Å². The number of hydrogen-bond donors (Lipinski definition) is 1. The van der Waals surface area contributed by atoms with Crippen molar-refractivity contribution in [3.05, 3.63) is 76.2 Å². The van der Waals surface area contributed by atoms with Crippen LogP contribution in [0.2, 0.25) is 0 Å². The van der Waals surface area contributed by atoms with E-state index >= 15 is 0 Å². The molecule has 3 aromatic heterocycles. The highest BCUT2D eigenvalue weighted by Crippen LogP contribution is 2.30. The minimum Gasteiger partial charge on any atom is -0.330 e.